The van der Waals surface area contributed by atoms with E-state index in [1.807, 2.05) is 20.8 Å². The fourth-order valence-electron chi connectivity index (χ4n) is 1.37. The van der Waals surface area contributed by atoms with Gasteiger partial charge < -0.3 is 9.84 Å². The maximum absolute atomic E-state index is 9.43. The van der Waals surface area contributed by atoms with Gasteiger partial charge in [0.1, 0.15) is 11.5 Å². The van der Waals surface area contributed by atoms with Crippen LogP contribution < -0.4 is 4.74 Å². The normalized spacial score (nSPS) is 10.3. The third-order valence-electron chi connectivity index (χ3n) is 2.32. The zero-order valence-corrected chi connectivity index (χ0v) is 9.93. The lowest BCUT2D eigenvalue weighted by Gasteiger charge is -2.06. The Morgan fingerprint density at radius 2 is 1.76 bits per heavy atom. The molecule has 0 spiro atoms. The highest BCUT2D eigenvalue weighted by Gasteiger charge is 2.05. The summed E-state index contributed by atoms with van der Waals surface area (Å²) in [7, 11) is 0. The van der Waals surface area contributed by atoms with E-state index in [0.29, 0.717) is 5.75 Å². The Morgan fingerprint density at radius 1 is 1.00 bits per heavy atom. The van der Waals surface area contributed by atoms with Crippen LogP contribution in [0.2, 0.25) is 0 Å². The Bertz CT molecular complexity index is 535. The molecule has 0 saturated carbocycles. The number of phenols is 1. The molecule has 1 aromatic heterocycles. The maximum Gasteiger partial charge on any atom is 0.341 e. The zero-order chi connectivity index (χ0) is 12.4. The van der Waals surface area contributed by atoms with Crippen molar-refractivity contribution < 1.29 is 9.84 Å². The van der Waals surface area contributed by atoms with E-state index < -0.39 is 0 Å². The van der Waals surface area contributed by atoms with Gasteiger partial charge >= 0.3 is 6.01 Å². The Hall–Kier alpha value is -2.17. The van der Waals surface area contributed by atoms with Crippen molar-refractivity contribution in [2.45, 2.75) is 20.8 Å². The Morgan fingerprint density at radius 3 is 2.41 bits per heavy atom. The summed E-state index contributed by atoms with van der Waals surface area (Å²) in [4.78, 5) is 4.15. The Labute approximate surface area is 99.1 Å². The Kier molecular flexibility index (Phi) is 2.91. The van der Waals surface area contributed by atoms with Crippen LogP contribution in [-0.4, -0.2) is 20.3 Å². The standard InChI is InChI=1S/C12H13N3O2/c1-7-4-10(16)6-11(5-7)17-12-13-8(2)9(3)14-15-12/h4-6,16H,1-3H3. The average Bonchev–Trinajstić information content (AvgIpc) is 2.22. The van der Waals surface area contributed by atoms with Gasteiger partial charge in [-0.2, -0.15) is 4.98 Å². The molecule has 2 aromatic rings. The molecule has 0 bridgehead atoms. The third kappa shape index (κ3) is 2.69. The van der Waals surface area contributed by atoms with Gasteiger partial charge in [-0.05, 0) is 38.5 Å². The van der Waals surface area contributed by atoms with Gasteiger partial charge in [0.15, 0.2) is 0 Å². The summed E-state index contributed by atoms with van der Waals surface area (Å²) in [5, 5.41) is 17.2. The van der Waals surface area contributed by atoms with Crippen molar-refractivity contribution >= 4 is 0 Å². The summed E-state index contributed by atoms with van der Waals surface area (Å²) in [6.07, 6.45) is 0. The van der Waals surface area contributed by atoms with E-state index in [4.69, 9.17) is 4.74 Å². The quantitative estimate of drug-likeness (QED) is 0.858. The van der Waals surface area contributed by atoms with Crippen molar-refractivity contribution in [3.63, 3.8) is 0 Å². The lowest BCUT2D eigenvalue weighted by molar-refractivity contribution is 0.421. The maximum atomic E-state index is 9.43. The molecule has 0 radical (unpaired) electrons. The van der Waals surface area contributed by atoms with Crippen molar-refractivity contribution in [1.82, 2.24) is 15.2 Å². The summed E-state index contributed by atoms with van der Waals surface area (Å²) in [5.74, 6) is 0.643. The number of phenolic OH excluding ortho intramolecular Hbond substituents is 1. The van der Waals surface area contributed by atoms with Crippen molar-refractivity contribution in [2.75, 3.05) is 0 Å². The van der Waals surface area contributed by atoms with Crippen molar-refractivity contribution in [3.8, 4) is 17.5 Å². The predicted molar refractivity (Wildman–Crippen MR) is 62.2 cm³/mol. The average molecular weight is 231 g/mol. The molecule has 0 aliphatic carbocycles. The SMILES string of the molecule is Cc1cc(O)cc(Oc2nnc(C)c(C)n2)c1. The van der Waals surface area contributed by atoms with Crippen molar-refractivity contribution in [1.29, 1.82) is 0 Å². The number of rotatable bonds is 2. The number of nitrogens with zero attached hydrogens (tertiary/aromatic N) is 3. The van der Waals surface area contributed by atoms with Gasteiger partial charge in [0.25, 0.3) is 0 Å². The van der Waals surface area contributed by atoms with Crippen LogP contribution in [0, 0.1) is 20.8 Å². The second-order valence-corrected chi connectivity index (χ2v) is 3.87. The molecule has 0 saturated heterocycles. The number of hydrogen-bond acceptors (Lipinski definition) is 5. The molecule has 0 unspecified atom stereocenters. The van der Waals surface area contributed by atoms with Gasteiger partial charge in [0.2, 0.25) is 0 Å². The molecule has 88 valence electrons. The van der Waals surface area contributed by atoms with Crippen molar-refractivity contribution in [3.05, 3.63) is 35.2 Å². The molecule has 5 heteroatoms. The van der Waals surface area contributed by atoms with E-state index in [2.05, 4.69) is 15.2 Å². The van der Waals surface area contributed by atoms with E-state index in [9.17, 15) is 5.11 Å². The summed E-state index contributed by atoms with van der Waals surface area (Å²) in [5.41, 5.74) is 2.44. The smallest absolute Gasteiger partial charge is 0.341 e. The summed E-state index contributed by atoms with van der Waals surface area (Å²) < 4.78 is 5.43. The van der Waals surface area contributed by atoms with Crippen LogP contribution in [0.25, 0.3) is 0 Å². The molecular weight excluding hydrogens is 218 g/mol. The van der Waals surface area contributed by atoms with Gasteiger partial charge in [0.05, 0.1) is 11.4 Å². The van der Waals surface area contributed by atoms with E-state index in [0.717, 1.165) is 17.0 Å². The first kappa shape index (κ1) is 11.3. The van der Waals surface area contributed by atoms with E-state index >= 15 is 0 Å². The molecule has 0 fully saturated rings. The summed E-state index contributed by atoms with van der Waals surface area (Å²) in [6, 6.07) is 5.12. The summed E-state index contributed by atoms with van der Waals surface area (Å²) >= 11 is 0. The van der Waals surface area contributed by atoms with Crippen molar-refractivity contribution in [2.24, 2.45) is 0 Å². The van der Waals surface area contributed by atoms with Crippen LogP contribution >= 0.6 is 0 Å². The molecule has 1 aromatic carbocycles. The molecule has 0 amide bonds. The molecule has 0 atom stereocenters. The molecular formula is C12H13N3O2. The number of benzene rings is 1. The van der Waals surface area contributed by atoms with Crippen LogP contribution in [-0.2, 0) is 0 Å². The van der Waals surface area contributed by atoms with E-state index in [1.165, 1.54) is 6.07 Å². The Balaban J connectivity index is 2.28. The molecule has 2 rings (SSSR count). The number of aromatic nitrogens is 3. The van der Waals surface area contributed by atoms with Crippen LogP contribution in [0.5, 0.6) is 17.5 Å². The van der Waals surface area contributed by atoms with Gasteiger partial charge in [-0.25, -0.2) is 0 Å². The predicted octanol–water partition coefficient (Wildman–Crippen LogP) is 2.29. The third-order valence-corrected chi connectivity index (χ3v) is 2.32. The minimum Gasteiger partial charge on any atom is -0.508 e. The minimum atomic E-state index is 0.150. The van der Waals surface area contributed by atoms with Gasteiger partial charge in [0, 0.05) is 6.07 Å². The highest BCUT2D eigenvalue weighted by atomic mass is 16.5. The number of aromatic hydroxyl groups is 1. The minimum absolute atomic E-state index is 0.150. The van der Waals surface area contributed by atoms with E-state index in [1.54, 1.807) is 12.1 Å². The highest BCUT2D eigenvalue weighted by molar-refractivity contribution is 5.37. The summed E-state index contributed by atoms with van der Waals surface area (Å²) in [6.45, 7) is 5.54. The fourth-order valence-corrected chi connectivity index (χ4v) is 1.37. The van der Waals surface area contributed by atoms with Gasteiger partial charge in [-0.15, -0.1) is 5.10 Å². The number of aryl methyl sites for hydroxylation is 3. The fraction of sp³-hybridized carbons (Fsp3) is 0.250. The first-order valence-electron chi connectivity index (χ1n) is 5.21. The van der Waals surface area contributed by atoms with E-state index in [-0.39, 0.29) is 11.8 Å². The molecule has 0 aliphatic rings. The monoisotopic (exact) mass is 231 g/mol. The first-order valence-corrected chi connectivity index (χ1v) is 5.21. The van der Waals surface area contributed by atoms with Crippen LogP contribution in [0.4, 0.5) is 0 Å². The van der Waals surface area contributed by atoms with Crippen LogP contribution in [0.3, 0.4) is 0 Å². The van der Waals surface area contributed by atoms with Gasteiger partial charge in [-0.1, -0.05) is 5.10 Å². The zero-order valence-electron chi connectivity index (χ0n) is 9.93. The highest BCUT2D eigenvalue weighted by Crippen LogP contribution is 2.24. The molecule has 17 heavy (non-hydrogen) atoms. The van der Waals surface area contributed by atoms with Gasteiger partial charge in [-0.3, -0.25) is 0 Å². The lowest BCUT2D eigenvalue weighted by atomic mass is 10.2. The van der Waals surface area contributed by atoms with Crippen LogP contribution in [0.1, 0.15) is 17.0 Å². The molecule has 0 aliphatic heterocycles. The number of ether oxygens (including phenoxy) is 1. The second kappa shape index (κ2) is 4.37. The molecule has 5 nitrogen and oxygen atoms in total. The second-order valence-electron chi connectivity index (χ2n) is 3.87. The van der Waals surface area contributed by atoms with Crippen LogP contribution in [0.15, 0.2) is 18.2 Å². The molecule has 1 N–H and O–H groups in total. The largest absolute Gasteiger partial charge is 0.508 e. The first-order chi connectivity index (χ1) is 8.04. The number of hydrogen-bond donors (Lipinski definition) is 1. The molecule has 1 heterocycles. The lowest BCUT2D eigenvalue weighted by Crippen LogP contribution is -1.99. The topological polar surface area (TPSA) is 68.1 Å².